The van der Waals surface area contributed by atoms with Gasteiger partial charge in [-0.25, -0.2) is 4.79 Å². The van der Waals surface area contributed by atoms with E-state index in [0.29, 0.717) is 19.4 Å². The Balaban J connectivity index is 5.52. The highest BCUT2D eigenvalue weighted by atomic mass is 32.1. The maximum atomic E-state index is 12.8. The Morgan fingerprint density at radius 3 is 1.82 bits per heavy atom. The van der Waals surface area contributed by atoms with Crippen LogP contribution in [0.15, 0.2) is 0 Å². The summed E-state index contributed by atoms with van der Waals surface area (Å²) in [4.78, 5) is 60.2. The number of nitrogens with two attached hydrogens (primary N) is 2. The highest BCUT2D eigenvalue weighted by Crippen LogP contribution is 2.08. The third-order valence-electron chi connectivity index (χ3n) is 4.71. The van der Waals surface area contributed by atoms with Gasteiger partial charge in [-0.3, -0.25) is 19.2 Å². The normalized spacial score (nSPS) is 14.6. The van der Waals surface area contributed by atoms with Crippen LogP contribution in [0, 0.1) is 5.92 Å². The summed E-state index contributed by atoms with van der Waals surface area (Å²) in [5.74, 6) is -4.52. The topological polar surface area (TPSA) is 214 Å². The van der Waals surface area contributed by atoms with Gasteiger partial charge in [0.15, 0.2) is 0 Å². The van der Waals surface area contributed by atoms with Crippen molar-refractivity contribution in [1.82, 2.24) is 16.0 Å². The van der Waals surface area contributed by atoms with E-state index in [1.807, 2.05) is 13.8 Å². The molecule has 4 unspecified atom stereocenters. The zero-order valence-corrected chi connectivity index (χ0v) is 20.0. The summed E-state index contributed by atoms with van der Waals surface area (Å²) in [7, 11) is 0. The monoisotopic (exact) mass is 491 g/mol. The van der Waals surface area contributed by atoms with Gasteiger partial charge in [-0.15, -0.1) is 0 Å². The predicted octanol–water partition coefficient (Wildman–Crippen LogP) is -1.18. The molecule has 0 aliphatic carbocycles. The average Bonchev–Trinajstić information content (AvgIpc) is 2.73. The van der Waals surface area contributed by atoms with Crippen molar-refractivity contribution >= 4 is 42.3 Å². The first-order valence-corrected chi connectivity index (χ1v) is 11.5. The van der Waals surface area contributed by atoms with Gasteiger partial charge in [0.2, 0.25) is 17.7 Å². The molecule has 13 heteroatoms. The van der Waals surface area contributed by atoms with Gasteiger partial charge in [0.1, 0.15) is 18.1 Å². The van der Waals surface area contributed by atoms with Crippen molar-refractivity contribution in [3.8, 4) is 0 Å². The Hall–Kier alpha value is -2.38. The number of unbranched alkanes of at least 4 members (excludes halogenated alkanes) is 1. The van der Waals surface area contributed by atoms with Crippen molar-refractivity contribution in [3.05, 3.63) is 0 Å². The third kappa shape index (κ3) is 13.0. The van der Waals surface area contributed by atoms with Crippen LogP contribution in [0.4, 0.5) is 0 Å². The fourth-order valence-corrected chi connectivity index (χ4v) is 3.06. The van der Waals surface area contributed by atoms with Crippen LogP contribution in [-0.2, 0) is 24.0 Å². The minimum Gasteiger partial charge on any atom is -0.481 e. The second kappa shape index (κ2) is 16.3. The van der Waals surface area contributed by atoms with Crippen molar-refractivity contribution in [2.75, 3.05) is 12.3 Å². The molecule has 9 N–H and O–H groups in total. The van der Waals surface area contributed by atoms with Crippen LogP contribution < -0.4 is 27.4 Å². The molecule has 0 aromatic carbocycles. The van der Waals surface area contributed by atoms with Gasteiger partial charge in [-0.05, 0) is 44.6 Å². The van der Waals surface area contributed by atoms with Gasteiger partial charge in [0, 0.05) is 12.2 Å². The van der Waals surface area contributed by atoms with E-state index in [1.165, 1.54) is 0 Å². The lowest BCUT2D eigenvalue weighted by atomic mass is 10.0. The lowest BCUT2D eigenvalue weighted by molar-refractivity contribution is -0.142. The molecule has 0 aliphatic rings. The number of nitrogens with one attached hydrogen (secondary N) is 3. The minimum atomic E-state index is -1.25. The van der Waals surface area contributed by atoms with Crippen LogP contribution >= 0.6 is 12.6 Å². The Kier molecular flexibility index (Phi) is 15.1. The van der Waals surface area contributed by atoms with E-state index in [2.05, 4.69) is 28.6 Å². The summed E-state index contributed by atoms with van der Waals surface area (Å²) in [5, 5.41) is 25.7. The quantitative estimate of drug-likeness (QED) is 0.0906. The maximum absolute atomic E-state index is 12.8. The molecule has 0 saturated heterocycles. The average molecular weight is 492 g/mol. The lowest BCUT2D eigenvalue weighted by Gasteiger charge is -2.25. The molecule has 4 atom stereocenters. The second-order valence-electron chi connectivity index (χ2n) is 8.16. The highest BCUT2D eigenvalue weighted by Gasteiger charge is 2.30. The summed E-state index contributed by atoms with van der Waals surface area (Å²) in [6, 6.07) is -4.50. The number of carboxylic acids is 2. The van der Waals surface area contributed by atoms with Crippen LogP contribution in [0.2, 0.25) is 0 Å². The number of rotatable bonds is 17. The van der Waals surface area contributed by atoms with Crippen LogP contribution in [-0.4, -0.2) is 76.3 Å². The number of aliphatic carboxylic acids is 2. The molecule has 0 aromatic rings. The van der Waals surface area contributed by atoms with Crippen molar-refractivity contribution < 1.29 is 34.2 Å². The van der Waals surface area contributed by atoms with E-state index >= 15 is 0 Å². The summed E-state index contributed by atoms with van der Waals surface area (Å²) >= 11 is 3.92. The van der Waals surface area contributed by atoms with Gasteiger partial charge in [0.05, 0.1) is 6.04 Å². The van der Waals surface area contributed by atoms with E-state index in [-0.39, 0.29) is 30.9 Å². The van der Waals surface area contributed by atoms with Crippen LogP contribution in [0.25, 0.3) is 0 Å². The fraction of sp³-hybridized carbons (Fsp3) is 0.750. The predicted molar refractivity (Wildman–Crippen MR) is 124 cm³/mol. The smallest absolute Gasteiger partial charge is 0.326 e. The molecule has 0 bridgehead atoms. The molecule has 0 aromatic heterocycles. The van der Waals surface area contributed by atoms with E-state index in [1.54, 1.807) is 0 Å². The number of hydrogen-bond donors (Lipinski definition) is 8. The number of thiol groups is 1. The number of carbonyl (C=O) groups excluding carboxylic acids is 3. The molecule has 190 valence electrons. The Bertz CT molecular complexity index is 677. The van der Waals surface area contributed by atoms with Crippen molar-refractivity contribution in [1.29, 1.82) is 0 Å². The standard InChI is InChI=1S/C20H37N5O7S/c1-11(2)9-15(20(31)32)25-18(29)13(5-3-4-8-21)24-19(30)14(6-7-16(26)27)23-17(28)12(22)10-33/h11-15,33H,3-10,21-22H2,1-2H3,(H,23,28)(H,24,30)(H,25,29)(H,26,27)(H,31,32). The zero-order valence-electron chi connectivity index (χ0n) is 19.1. The van der Waals surface area contributed by atoms with Crippen molar-refractivity contribution in [2.24, 2.45) is 17.4 Å². The van der Waals surface area contributed by atoms with Gasteiger partial charge < -0.3 is 37.6 Å². The molecule has 0 rings (SSSR count). The molecular weight excluding hydrogens is 454 g/mol. The highest BCUT2D eigenvalue weighted by molar-refractivity contribution is 7.80. The number of carboxylic acid groups (broad SMARTS) is 2. The second-order valence-corrected chi connectivity index (χ2v) is 8.52. The SMILES string of the molecule is CC(C)CC(NC(=O)C(CCCCN)NC(=O)C(CCC(=O)O)NC(=O)C(N)CS)C(=O)O. The van der Waals surface area contributed by atoms with Gasteiger partial charge >= 0.3 is 11.9 Å². The molecule has 0 radical (unpaired) electrons. The largest absolute Gasteiger partial charge is 0.481 e. The summed E-state index contributed by atoms with van der Waals surface area (Å²) in [5.41, 5.74) is 11.1. The van der Waals surface area contributed by atoms with E-state index in [9.17, 15) is 29.1 Å². The zero-order chi connectivity index (χ0) is 25.6. The maximum Gasteiger partial charge on any atom is 0.326 e. The van der Waals surface area contributed by atoms with Crippen LogP contribution in [0.3, 0.4) is 0 Å². The van der Waals surface area contributed by atoms with Crippen LogP contribution in [0.1, 0.15) is 52.4 Å². The summed E-state index contributed by atoms with van der Waals surface area (Å²) in [6.45, 7) is 3.99. The van der Waals surface area contributed by atoms with E-state index in [4.69, 9.17) is 16.6 Å². The fourth-order valence-electron chi connectivity index (χ4n) is 2.90. The molecular formula is C20H37N5O7S. The molecule has 0 spiro atoms. The third-order valence-corrected chi connectivity index (χ3v) is 5.11. The molecule has 33 heavy (non-hydrogen) atoms. The molecule has 3 amide bonds. The summed E-state index contributed by atoms with van der Waals surface area (Å²) < 4.78 is 0. The molecule has 0 aliphatic heterocycles. The number of hydrogen-bond acceptors (Lipinski definition) is 8. The lowest BCUT2D eigenvalue weighted by Crippen LogP contribution is -2.57. The van der Waals surface area contributed by atoms with Crippen LogP contribution in [0.5, 0.6) is 0 Å². The first-order chi connectivity index (χ1) is 15.4. The van der Waals surface area contributed by atoms with Crippen molar-refractivity contribution in [2.45, 2.75) is 76.5 Å². The first kappa shape index (κ1) is 30.6. The number of carbonyl (C=O) groups is 5. The van der Waals surface area contributed by atoms with E-state index in [0.717, 1.165) is 0 Å². The Morgan fingerprint density at radius 2 is 1.36 bits per heavy atom. The molecule has 0 heterocycles. The summed E-state index contributed by atoms with van der Waals surface area (Å²) in [6.07, 6.45) is 0.794. The molecule has 0 saturated carbocycles. The van der Waals surface area contributed by atoms with Gasteiger partial charge in [-0.2, -0.15) is 12.6 Å². The molecule has 12 nitrogen and oxygen atoms in total. The Labute approximate surface area is 199 Å². The van der Waals surface area contributed by atoms with Crippen molar-refractivity contribution in [3.63, 3.8) is 0 Å². The minimum absolute atomic E-state index is 0.00309. The van der Waals surface area contributed by atoms with E-state index < -0.39 is 60.2 Å². The van der Waals surface area contributed by atoms with Gasteiger partial charge in [0.25, 0.3) is 0 Å². The first-order valence-electron chi connectivity index (χ1n) is 10.8. The molecule has 0 fully saturated rings. The Morgan fingerprint density at radius 1 is 0.848 bits per heavy atom. The number of amides is 3. The van der Waals surface area contributed by atoms with Gasteiger partial charge in [-0.1, -0.05) is 13.8 Å².